The van der Waals surface area contributed by atoms with Gasteiger partial charge in [-0.2, -0.15) is 0 Å². The van der Waals surface area contributed by atoms with Crippen LogP contribution in [0.4, 0.5) is 0 Å². The highest BCUT2D eigenvalue weighted by Crippen LogP contribution is 2.09. The van der Waals surface area contributed by atoms with Crippen LogP contribution in [-0.4, -0.2) is 9.97 Å². The van der Waals surface area contributed by atoms with Gasteiger partial charge < -0.3 is 4.74 Å². The summed E-state index contributed by atoms with van der Waals surface area (Å²) < 4.78 is 5.47. The number of hydrogen-bond donors (Lipinski definition) is 0. The summed E-state index contributed by atoms with van der Waals surface area (Å²) in [6.07, 6.45) is 3.41. The molecule has 0 saturated carbocycles. The lowest BCUT2D eigenvalue weighted by Crippen LogP contribution is -1.99. The molecule has 0 saturated heterocycles. The molecule has 1 aromatic heterocycles. The summed E-state index contributed by atoms with van der Waals surface area (Å²) in [6.45, 7) is 0.408. The minimum Gasteiger partial charge on any atom is -0.486 e. The van der Waals surface area contributed by atoms with Gasteiger partial charge in [0.05, 0.1) is 0 Å². The minimum absolute atomic E-state index is 0.408. The molecule has 0 atom stereocenters. The second-order valence-electron chi connectivity index (χ2n) is 2.77. The van der Waals surface area contributed by atoms with E-state index in [1.54, 1.807) is 18.5 Å². The molecule has 1 aromatic carbocycles. The molecule has 3 nitrogen and oxygen atoms in total. The molecule has 0 aliphatic rings. The summed E-state index contributed by atoms with van der Waals surface area (Å²) in [7, 11) is 0. The Morgan fingerprint density at radius 3 is 2.36 bits per heavy atom. The van der Waals surface area contributed by atoms with Crippen molar-refractivity contribution in [2.24, 2.45) is 0 Å². The summed E-state index contributed by atoms with van der Waals surface area (Å²) in [4.78, 5) is 8.12. The Balaban J connectivity index is 1.96. The minimum atomic E-state index is 0.408. The van der Waals surface area contributed by atoms with Crippen molar-refractivity contribution in [2.45, 2.75) is 6.61 Å². The maximum atomic E-state index is 5.47. The van der Waals surface area contributed by atoms with Crippen molar-refractivity contribution in [2.75, 3.05) is 0 Å². The number of benzene rings is 1. The van der Waals surface area contributed by atoms with E-state index < -0.39 is 0 Å². The summed E-state index contributed by atoms with van der Waals surface area (Å²) in [6, 6.07) is 11.4. The molecular formula is C11H10N2O. The number of aromatic nitrogens is 2. The molecule has 0 aliphatic carbocycles. The maximum Gasteiger partial charge on any atom is 0.166 e. The zero-order valence-electron chi connectivity index (χ0n) is 7.63. The van der Waals surface area contributed by atoms with Crippen molar-refractivity contribution < 1.29 is 4.74 Å². The molecule has 2 aromatic rings. The van der Waals surface area contributed by atoms with Crippen molar-refractivity contribution in [1.29, 1.82) is 0 Å². The molecule has 14 heavy (non-hydrogen) atoms. The Hall–Kier alpha value is -1.90. The topological polar surface area (TPSA) is 35.0 Å². The molecule has 0 amide bonds. The molecule has 0 aliphatic heterocycles. The Labute approximate surface area is 82.4 Å². The second kappa shape index (κ2) is 4.37. The molecule has 0 bridgehead atoms. The van der Waals surface area contributed by atoms with E-state index in [1.165, 1.54) is 0 Å². The normalized spacial score (nSPS) is 9.71. The van der Waals surface area contributed by atoms with E-state index in [4.69, 9.17) is 4.74 Å². The first-order valence-electron chi connectivity index (χ1n) is 4.39. The van der Waals surface area contributed by atoms with Crippen LogP contribution in [0.15, 0.2) is 48.8 Å². The highest BCUT2D eigenvalue weighted by Gasteiger charge is 1.95. The van der Waals surface area contributed by atoms with Gasteiger partial charge in [-0.3, -0.25) is 0 Å². The molecule has 0 spiro atoms. The summed E-state index contributed by atoms with van der Waals surface area (Å²) in [5, 5.41) is 0. The van der Waals surface area contributed by atoms with Gasteiger partial charge >= 0.3 is 0 Å². The molecule has 1 heterocycles. The van der Waals surface area contributed by atoms with E-state index in [1.807, 2.05) is 30.3 Å². The standard InChI is InChI=1S/C11H10N2O/c1-2-5-10(6-3-1)14-9-11-12-7-4-8-13-11/h1-8H,9H2. The molecule has 0 fully saturated rings. The second-order valence-corrected chi connectivity index (χ2v) is 2.77. The lowest BCUT2D eigenvalue weighted by atomic mass is 10.3. The van der Waals surface area contributed by atoms with Gasteiger partial charge in [0, 0.05) is 12.4 Å². The van der Waals surface area contributed by atoms with Crippen LogP contribution < -0.4 is 4.74 Å². The molecule has 70 valence electrons. The fraction of sp³-hybridized carbons (Fsp3) is 0.0909. The number of nitrogens with zero attached hydrogens (tertiary/aromatic N) is 2. The zero-order valence-corrected chi connectivity index (χ0v) is 7.63. The first-order valence-corrected chi connectivity index (χ1v) is 4.39. The average Bonchev–Trinajstić information content (AvgIpc) is 2.29. The Kier molecular flexibility index (Phi) is 2.71. The number of ether oxygens (including phenoxy) is 1. The number of rotatable bonds is 3. The predicted molar refractivity (Wildman–Crippen MR) is 52.8 cm³/mol. The number of hydrogen-bond acceptors (Lipinski definition) is 3. The van der Waals surface area contributed by atoms with Gasteiger partial charge in [0.25, 0.3) is 0 Å². The van der Waals surface area contributed by atoms with Crippen LogP contribution >= 0.6 is 0 Å². The van der Waals surface area contributed by atoms with Crippen LogP contribution in [0.5, 0.6) is 5.75 Å². The molecule has 0 radical (unpaired) electrons. The van der Waals surface area contributed by atoms with E-state index in [0.29, 0.717) is 12.4 Å². The molecule has 2 rings (SSSR count). The monoisotopic (exact) mass is 186 g/mol. The van der Waals surface area contributed by atoms with E-state index in [0.717, 1.165) is 5.75 Å². The van der Waals surface area contributed by atoms with Crippen molar-refractivity contribution in [3.05, 3.63) is 54.6 Å². The third-order valence-corrected chi connectivity index (χ3v) is 1.73. The van der Waals surface area contributed by atoms with E-state index in [-0.39, 0.29) is 0 Å². The Morgan fingerprint density at radius 1 is 0.929 bits per heavy atom. The Morgan fingerprint density at radius 2 is 1.64 bits per heavy atom. The van der Waals surface area contributed by atoms with Crippen LogP contribution in [-0.2, 0) is 6.61 Å². The van der Waals surface area contributed by atoms with Crippen LogP contribution in [0.1, 0.15) is 5.82 Å². The van der Waals surface area contributed by atoms with Crippen molar-refractivity contribution in [3.8, 4) is 5.75 Å². The van der Waals surface area contributed by atoms with Gasteiger partial charge in [-0.1, -0.05) is 18.2 Å². The highest BCUT2D eigenvalue weighted by molar-refractivity contribution is 5.20. The fourth-order valence-electron chi connectivity index (χ4n) is 1.07. The van der Waals surface area contributed by atoms with E-state index in [9.17, 15) is 0 Å². The first-order chi connectivity index (χ1) is 6.95. The highest BCUT2D eigenvalue weighted by atomic mass is 16.5. The first kappa shape index (κ1) is 8.69. The van der Waals surface area contributed by atoms with Crippen molar-refractivity contribution in [1.82, 2.24) is 9.97 Å². The summed E-state index contributed by atoms with van der Waals surface area (Å²) >= 11 is 0. The van der Waals surface area contributed by atoms with Crippen LogP contribution in [0.3, 0.4) is 0 Å². The molecule has 0 unspecified atom stereocenters. The zero-order chi connectivity index (χ0) is 9.64. The maximum absolute atomic E-state index is 5.47. The van der Waals surface area contributed by atoms with Gasteiger partial charge in [0.2, 0.25) is 0 Å². The van der Waals surface area contributed by atoms with Crippen LogP contribution in [0.2, 0.25) is 0 Å². The smallest absolute Gasteiger partial charge is 0.166 e. The van der Waals surface area contributed by atoms with E-state index in [2.05, 4.69) is 9.97 Å². The largest absolute Gasteiger partial charge is 0.486 e. The number of para-hydroxylation sites is 1. The van der Waals surface area contributed by atoms with Gasteiger partial charge in [-0.05, 0) is 18.2 Å². The van der Waals surface area contributed by atoms with Gasteiger partial charge in [0.1, 0.15) is 12.4 Å². The van der Waals surface area contributed by atoms with Gasteiger partial charge in [0.15, 0.2) is 5.82 Å². The van der Waals surface area contributed by atoms with Crippen molar-refractivity contribution >= 4 is 0 Å². The Bertz CT molecular complexity index is 336. The lowest BCUT2D eigenvalue weighted by Gasteiger charge is -2.03. The third kappa shape index (κ3) is 2.29. The quantitative estimate of drug-likeness (QED) is 0.735. The van der Waals surface area contributed by atoms with E-state index >= 15 is 0 Å². The van der Waals surface area contributed by atoms with Crippen LogP contribution in [0.25, 0.3) is 0 Å². The van der Waals surface area contributed by atoms with Crippen molar-refractivity contribution in [3.63, 3.8) is 0 Å². The fourth-order valence-corrected chi connectivity index (χ4v) is 1.07. The van der Waals surface area contributed by atoms with Crippen LogP contribution in [0, 0.1) is 0 Å². The summed E-state index contributed by atoms with van der Waals surface area (Å²) in [5.74, 6) is 1.52. The average molecular weight is 186 g/mol. The molecule has 3 heteroatoms. The predicted octanol–water partition coefficient (Wildman–Crippen LogP) is 2.06. The lowest BCUT2D eigenvalue weighted by molar-refractivity contribution is 0.296. The van der Waals surface area contributed by atoms with Gasteiger partial charge in [-0.15, -0.1) is 0 Å². The third-order valence-electron chi connectivity index (χ3n) is 1.73. The SMILES string of the molecule is c1ccc(OCc2ncccn2)cc1. The van der Waals surface area contributed by atoms with Gasteiger partial charge in [-0.25, -0.2) is 9.97 Å². The molecular weight excluding hydrogens is 176 g/mol. The summed E-state index contributed by atoms with van der Waals surface area (Å²) in [5.41, 5.74) is 0. The molecule has 0 N–H and O–H groups in total.